The van der Waals surface area contributed by atoms with Gasteiger partial charge in [-0.2, -0.15) is 0 Å². The number of ether oxygens (including phenoxy) is 2. The first kappa shape index (κ1) is 8.27. The van der Waals surface area contributed by atoms with Gasteiger partial charge in [-0.3, -0.25) is 0 Å². The molecule has 2 heterocycles. The van der Waals surface area contributed by atoms with Gasteiger partial charge in [-0.1, -0.05) is 6.08 Å². The van der Waals surface area contributed by atoms with Crippen LogP contribution in [0.15, 0.2) is 11.6 Å². The molecule has 2 saturated heterocycles. The van der Waals surface area contributed by atoms with Gasteiger partial charge in [0, 0.05) is 6.42 Å². The van der Waals surface area contributed by atoms with Crippen LogP contribution in [0.1, 0.15) is 33.6 Å². The maximum absolute atomic E-state index is 5.89. The molecule has 0 saturated carbocycles. The molecule has 68 valence electrons. The molecule has 0 radical (unpaired) electrons. The Morgan fingerprint density at radius 2 is 2.17 bits per heavy atom. The molecule has 2 fully saturated rings. The fourth-order valence-corrected chi connectivity index (χ4v) is 2.18. The molecular weight excluding hydrogens is 152 g/mol. The summed E-state index contributed by atoms with van der Waals surface area (Å²) in [7, 11) is 0. The topological polar surface area (TPSA) is 18.5 Å². The van der Waals surface area contributed by atoms with Gasteiger partial charge in [0.25, 0.3) is 0 Å². The van der Waals surface area contributed by atoms with Crippen LogP contribution in [0.4, 0.5) is 0 Å². The highest BCUT2D eigenvalue weighted by molar-refractivity contribution is 5.20. The Kier molecular flexibility index (Phi) is 1.61. The van der Waals surface area contributed by atoms with Crippen LogP contribution in [0, 0.1) is 0 Å². The molecule has 2 heteroatoms. The van der Waals surface area contributed by atoms with Gasteiger partial charge in [-0.15, -0.1) is 0 Å². The molecular formula is C10H16O2. The lowest BCUT2D eigenvalue weighted by Gasteiger charge is -2.35. The number of hydrogen-bond donors (Lipinski definition) is 0. The molecule has 12 heavy (non-hydrogen) atoms. The van der Waals surface area contributed by atoms with E-state index in [9.17, 15) is 0 Å². The Labute approximate surface area is 73.5 Å². The Morgan fingerprint density at radius 1 is 1.42 bits per heavy atom. The molecule has 0 aliphatic carbocycles. The van der Waals surface area contributed by atoms with Gasteiger partial charge in [0.2, 0.25) is 0 Å². The van der Waals surface area contributed by atoms with Crippen molar-refractivity contribution in [2.24, 2.45) is 0 Å². The first-order chi connectivity index (χ1) is 5.58. The number of hydrogen-bond acceptors (Lipinski definition) is 2. The fraction of sp³-hybridized carbons (Fsp3) is 0.800. The summed E-state index contributed by atoms with van der Waals surface area (Å²) in [6, 6.07) is 0. The highest BCUT2D eigenvalue weighted by Gasteiger charge is 2.50. The molecule has 2 atom stereocenters. The van der Waals surface area contributed by atoms with E-state index in [4.69, 9.17) is 9.47 Å². The van der Waals surface area contributed by atoms with E-state index >= 15 is 0 Å². The third kappa shape index (κ3) is 1.02. The predicted molar refractivity (Wildman–Crippen MR) is 46.8 cm³/mol. The lowest BCUT2D eigenvalue weighted by Crippen LogP contribution is -2.39. The molecule has 0 amide bonds. The second-order valence-corrected chi connectivity index (χ2v) is 4.07. The minimum atomic E-state index is -0.304. The smallest absolute Gasteiger partial charge is 0.167 e. The van der Waals surface area contributed by atoms with Crippen molar-refractivity contribution in [2.45, 2.75) is 45.0 Å². The zero-order valence-corrected chi connectivity index (χ0v) is 8.02. The lowest BCUT2D eigenvalue weighted by molar-refractivity contribution is -0.181. The highest BCUT2D eigenvalue weighted by Crippen LogP contribution is 2.45. The molecule has 2 aliphatic rings. The summed E-state index contributed by atoms with van der Waals surface area (Å²) in [4.78, 5) is 0. The van der Waals surface area contributed by atoms with E-state index in [0.717, 1.165) is 12.8 Å². The Hall–Kier alpha value is -0.340. The normalized spacial score (nSPS) is 50.1. The summed E-state index contributed by atoms with van der Waals surface area (Å²) in [6.45, 7) is 6.94. The fourth-order valence-electron chi connectivity index (χ4n) is 2.18. The van der Waals surface area contributed by atoms with Crippen molar-refractivity contribution in [3.8, 4) is 0 Å². The maximum atomic E-state index is 5.89. The SMILES string of the molecule is C/C=C1/CCC2(C)OCC1(C)O2. The van der Waals surface area contributed by atoms with Crippen molar-refractivity contribution in [1.82, 2.24) is 0 Å². The van der Waals surface area contributed by atoms with E-state index in [-0.39, 0.29) is 11.4 Å². The van der Waals surface area contributed by atoms with Crippen LogP contribution in [0.25, 0.3) is 0 Å². The van der Waals surface area contributed by atoms with E-state index in [1.807, 2.05) is 6.92 Å². The molecule has 0 aromatic heterocycles. The molecule has 0 spiro atoms. The van der Waals surface area contributed by atoms with Gasteiger partial charge in [0.1, 0.15) is 5.60 Å². The lowest BCUT2D eigenvalue weighted by atomic mass is 9.89. The Balaban J connectivity index is 2.30. The predicted octanol–water partition coefficient (Wildman–Crippen LogP) is 2.25. The largest absolute Gasteiger partial charge is 0.347 e. The van der Waals surface area contributed by atoms with Crippen LogP contribution < -0.4 is 0 Å². The van der Waals surface area contributed by atoms with Gasteiger partial charge in [-0.05, 0) is 32.8 Å². The van der Waals surface area contributed by atoms with E-state index < -0.39 is 0 Å². The minimum Gasteiger partial charge on any atom is -0.347 e. The van der Waals surface area contributed by atoms with Crippen molar-refractivity contribution in [2.75, 3.05) is 6.61 Å². The number of rotatable bonds is 0. The van der Waals surface area contributed by atoms with E-state index in [0.29, 0.717) is 6.61 Å². The van der Waals surface area contributed by atoms with Gasteiger partial charge in [0.05, 0.1) is 6.61 Å². The highest BCUT2D eigenvalue weighted by atomic mass is 16.8. The molecule has 0 N–H and O–H groups in total. The second kappa shape index (κ2) is 2.33. The summed E-state index contributed by atoms with van der Waals surface area (Å²) in [5.41, 5.74) is 1.25. The van der Waals surface area contributed by atoms with Crippen LogP contribution in [0.3, 0.4) is 0 Å². The van der Waals surface area contributed by atoms with Crippen LogP contribution in [-0.4, -0.2) is 18.0 Å². The van der Waals surface area contributed by atoms with Crippen molar-refractivity contribution in [3.05, 3.63) is 11.6 Å². The van der Waals surface area contributed by atoms with E-state index in [2.05, 4.69) is 19.9 Å². The molecule has 0 aromatic carbocycles. The summed E-state index contributed by atoms with van der Waals surface area (Å²) in [6.07, 6.45) is 4.26. The first-order valence-corrected chi connectivity index (χ1v) is 4.58. The molecule has 2 unspecified atom stereocenters. The number of fused-ring (bicyclic) bond motifs is 2. The summed E-state index contributed by atoms with van der Waals surface area (Å²) < 4.78 is 11.5. The van der Waals surface area contributed by atoms with Crippen LogP contribution >= 0.6 is 0 Å². The van der Waals surface area contributed by atoms with Crippen molar-refractivity contribution < 1.29 is 9.47 Å². The molecule has 2 bridgehead atoms. The van der Waals surface area contributed by atoms with E-state index in [1.54, 1.807) is 0 Å². The van der Waals surface area contributed by atoms with Crippen LogP contribution in [0.5, 0.6) is 0 Å². The molecule has 2 rings (SSSR count). The van der Waals surface area contributed by atoms with Crippen LogP contribution in [-0.2, 0) is 9.47 Å². The van der Waals surface area contributed by atoms with E-state index in [1.165, 1.54) is 5.57 Å². The Morgan fingerprint density at radius 3 is 2.83 bits per heavy atom. The average Bonchev–Trinajstić information content (AvgIpc) is 2.24. The molecule has 2 aliphatic heterocycles. The Bertz CT molecular complexity index is 234. The minimum absolute atomic E-state index is 0.137. The van der Waals surface area contributed by atoms with Gasteiger partial charge in [-0.25, -0.2) is 0 Å². The number of allylic oxidation sites excluding steroid dienone is 1. The second-order valence-electron chi connectivity index (χ2n) is 4.07. The summed E-state index contributed by atoms with van der Waals surface area (Å²) >= 11 is 0. The molecule has 0 aromatic rings. The molecule has 2 nitrogen and oxygen atoms in total. The van der Waals surface area contributed by atoms with Gasteiger partial charge < -0.3 is 9.47 Å². The van der Waals surface area contributed by atoms with Crippen LogP contribution in [0.2, 0.25) is 0 Å². The first-order valence-electron chi connectivity index (χ1n) is 4.58. The maximum Gasteiger partial charge on any atom is 0.167 e. The van der Waals surface area contributed by atoms with Gasteiger partial charge in [0.15, 0.2) is 5.79 Å². The quantitative estimate of drug-likeness (QED) is 0.516. The summed E-state index contributed by atoms with van der Waals surface area (Å²) in [5.74, 6) is -0.304. The third-order valence-corrected chi connectivity index (χ3v) is 2.97. The summed E-state index contributed by atoms with van der Waals surface area (Å²) in [5, 5.41) is 0. The van der Waals surface area contributed by atoms with Gasteiger partial charge >= 0.3 is 0 Å². The van der Waals surface area contributed by atoms with Crippen molar-refractivity contribution in [1.29, 1.82) is 0 Å². The third-order valence-electron chi connectivity index (χ3n) is 2.97. The standard InChI is InChI=1S/C10H16O2/c1-4-8-5-6-10(3)11-7-9(8,2)12-10/h4H,5-7H2,1-3H3/b8-4-. The van der Waals surface area contributed by atoms with Crippen molar-refractivity contribution >= 4 is 0 Å². The zero-order chi connectivity index (χ0) is 8.82. The zero-order valence-electron chi connectivity index (χ0n) is 8.02. The van der Waals surface area contributed by atoms with Crippen molar-refractivity contribution in [3.63, 3.8) is 0 Å². The average molecular weight is 168 g/mol. The monoisotopic (exact) mass is 168 g/mol.